The topological polar surface area (TPSA) is 101 Å². The monoisotopic (exact) mass is 365 g/mol. The predicted octanol–water partition coefficient (Wildman–Crippen LogP) is 1.91. The van der Waals surface area contributed by atoms with E-state index in [4.69, 9.17) is 16.3 Å². The first-order valence-electron chi connectivity index (χ1n) is 7.73. The van der Waals surface area contributed by atoms with Crippen molar-refractivity contribution in [2.24, 2.45) is 4.99 Å². The Morgan fingerprint density at radius 3 is 2.92 bits per heavy atom. The fourth-order valence-electron chi connectivity index (χ4n) is 2.91. The molecule has 10 heteroatoms. The van der Waals surface area contributed by atoms with Crippen molar-refractivity contribution in [1.29, 1.82) is 0 Å². The quantitative estimate of drug-likeness (QED) is 0.456. The van der Waals surface area contributed by atoms with Crippen molar-refractivity contribution in [3.63, 3.8) is 0 Å². The number of amides is 1. The number of aromatic nitrogens is 1. The summed E-state index contributed by atoms with van der Waals surface area (Å²) in [5, 5.41) is 12.0. The highest BCUT2D eigenvalue weighted by molar-refractivity contribution is 6.29. The SMILES string of the molecule is CCOC(=O)/N=C1\CN2CCN(Cc3ccc(Cl)nc3)C2=C1[N+](=O)[O-]. The van der Waals surface area contributed by atoms with Gasteiger partial charge in [0.05, 0.1) is 18.1 Å². The van der Waals surface area contributed by atoms with Gasteiger partial charge in [-0.25, -0.2) is 9.78 Å². The molecule has 1 saturated heterocycles. The van der Waals surface area contributed by atoms with Crippen LogP contribution in [0.5, 0.6) is 0 Å². The van der Waals surface area contributed by atoms with E-state index in [0.29, 0.717) is 30.6 Å². The lowest BCUT2D eigenvalue weighted by Crippen LogP contribution is -2.22. The van der Waals surface area contributed by atoms with Gasteiger partial charge in [-0.2, -0.15) is 4.99 Å². The van der Waals surface area contributed by atoms with Gasteiger partial charge >= 0.3 is 11.8 Å². The lowest BCUT2D eigenvalue weighted by atomic mass is 10.2. The predicted molar refractivity (Wildman–Crippen MR) is 89.7 cm³/mol. The molecular formula is C15H16ClN5O4. The normalized spacial score (nSPS) is 18.1. The molecule has 0 bridgehead atoms. The zero-order valence-electron chi connectivity index (χ0n) is 13.5. The van der Waals surface area contributed by atoms with Crippen molar-refractivity contribution < 1.29 is 14.5 Å². The summed E-state index contributed by atoms with van der Waals surface area (Å²) in [7, 11) is 0. The van der Waals surface area contributed by atoms with Gasteiger partial charge in [-0.1, -0.05) is 17.7 Å². The van der Waals surface area contributed by atoms with Crippen LogP contribution < -0.4 is 0 Å². The number of rotatable bonds is 4. The summed E-state index contributed by atoms with van der Waals surface area (Å²) in [4.78, 5) is 34.2. The van der Waals surface area contributed by atoms with Crippen LogP contribution in [0.2, 0.25) is 5.15 Å². The van der Waals surface area contributed by atoms with Crippen LogP contribution >= 0.6 is 11.6 Å². The molecule has 0 spiro atoms. The third-order valence-corrected chi connectivity index (χ3v) is 4.13. The van der Waals surface area contributed by atoms with Crippen molar-refractivity contribution in [3.8, 4) is 0 Å². The van der Waals surface area contributed by atoms with Gasteiger partial charge in [-0.3, -0.25) is 10.1 Å². The Hall–Kier alpha value is -2.68. The molecule has 0 radical (unpaired) electrons. The minimum Gasteiger partial charge on any atom is -0.448 e. The number of nitrogens with zero attached hydrogens (tertiary/aromatic N) is 5. The molecule has 0 unspecified atom stereocenters. The summed E-state index contributed by atoms with van der Waals surface area (Å²) in [5.74, 6) is 0.475. The minimum atomic E-state index is -0.813. The van der Waals surface area contributed by atoms with Gasteiger partial charge in [0.15, 0.2) is 5.82 Å². The summed E-state index contributed by atoms with van der Waals surface area (Å²) in [6.07, 6.45) is 0.826. The highest BCUT2D eigenvalue weighted by atomic mass is 35.5. The number of aliphatic imine (C=N–C) groups is 1. The van der Waals surface area contributed by atoms with Gasteiger partial charge in [0.2, 0.25) is 0 Å². The van der Waals surface area contributed by atoms with Gasteiger partial charge in [-0.15, -0.1) is 0 Å². The highest BCUT2D eigenvalue weighted by Crippen LogP contribution is 2.30. The van der Waals surface area contributed by atoms with Crippen molar-refractivity contribution in [2.45, 2.75) is 13.5 Å². The van der Waals surface area contributed by atoms with E-state index < -0.39 is 11.0 Å². The summed E-state index contributed by atoms with van der Waals surface area (Å²) in [6, 6.07) is 3.50. The van der Waals surface area contributed by atoms with Crippen molar-refractivity contribution in [3.05, 3.63) is 50.7 Å². The second-order valence-electron chi connectivity index (χ2n) is 5.52. The average Bonchev–Trinajstić information content (AvgIpc) is 3.09. The zero-order valence-corrected chi connectivity index (χ0v) is 14.3. The molecule has 2 aliphatic rings. The summed E-state index contributed by atoms with van der Waals surface area (Å²) >= 11 is 5.78. The molecule has 1 aromatic rings. The lowest BCUT2D eigenvalue weighted by Gasteiger charge is -2.19. The van der Waals surface area contributed by atoms with Crippen molar-refractivity contribution in [2.75, 3.05) is 26.2 Å². The fraction of sp³-hybridized carbons (Fsp3) is 0.400. The van der Waals surface area contributed by atoms with Gasteiger partial charge < -0.3 is 14.5 Å². The second-order valence-corrected chi connectivity index (χ2v) is 5.91. The van der Waals surface area contributed by atoms with Gasteiger partial charge in [-0.05, 0) is 18.6 Å². The molecule has 9 nitrogen and oxygen atoms in total. The Morgan fingerprint density at radius 1 is 1.48 bits per heavy atom. The number of pyridine rings is 1. The van der Waals surface area contributed by atoms with Crippen LogP contribution in [0.1, 0.15) is 12.5 Å². The van der Waals surface area contributed by atoms with E-state index >= 15 is 0 Å². The Bertz CT molecular complexity index is 762. The maximum absolute atomic E-state index is 11.6. The number of ether oxygens (including phenoxy) is 1. The molecule has 1 aromatic heterocycles. The van der Waals surface area contributed by atoms with Crippen LogP contribution in [0.25, 0.3) is 0 Å². The number of fused-ring (bicyclic) bond motifs is 1. The molecule has 3 heterocycles. The molecule has 2 aliphatic heterocycles. The Balaban J connectivity index is 1.90. The number of halogens is 1. The Morgan fingerprint density at radius 2 is 2.28 bits per heavy atom. The van der Waals surface area contributed by atoms with E-state index in [1.165, 1.54) is 0 Å². The number of nitro groups is 1. The maximum atomic E-state index is 11.6. The molecule has 132 valence electrons. The molecule has 0 saturated carbocycles. The molecule has 0 aliphatic carbocycles. The van der Waals surface area contributed by atoms with Crippen LogP contribution in [0, 0.1) is 10.1 Å². The average molecular weight is 366 g/mol. The van der Waals surface area contributed by atoms with E-state index in [2.05, 4.69) is 9.98 Å². The van der Waals surface area contributed by atoms with Gasteiger partial charge in [0.25, 0.3) is 0 Å². The van der Waals surface area contributed by atoms with Crippen LogP contribution in [0.15, 0.2) is 34.8 Å². The van der Waals surface area contributed by atoms with E-state index in [-0.39, 0.29) is 24.6 Å². The first-order valence-corrected chi connectivity index (χ1v) is 8.11. The molecule has 25 heavy (non-hydrogen) atoms. The standard InChI is InChI=1S/C15H16ClN5O4/c1-2-25-15(22)18-11-9-20-6-5-19(14(20)13(11)21(23)24)8-10-3-4-12(16)17-7-10/h3-4,7H,2,5-6,8-9H2,1H3/b18-11+. The van der Waals surface area contributed by atoms with E-state index in [1.54, 1.807) is 19.2 Å². The molecule has 3 rings (SSSR count). The maximum Gasteiger partial charge on any atom is 0.434 e. The van der Waals surface area contributed by atoms with E-state index in [0.717, 1.165) is 5.56 Å². The zero-order chi connectivity index (χ0) is 18.0. The first-order chi connectivity index (χ1) is 12.0. The molecule has 0 N–H and O–H groups in total. The number of hydrogen-bond acceptors (Lipinski definition) is 7. The Kier molecular flexibility index (Phi) is 4.84. The van der Waals surface area contributed by atoms with Crippen LogP contribution in [0.4, 0.5) is 4.79 Å². The largest absolute Gasteiger partial charge is 0.448 e. The molecule has 1 amide bonds. The highest BCUT2D eigenvalue weighted by Gasteiger charge is 2.43. The third-order valence-electron chi connectivity index (χ3n) is 3.90. The molecule has 0 aromatic carbocycles. The Labute approximate surface area is 148 Å². The smallest absolute Gasteiger partial charge is 0.434 e. The third kappa shape index (κ3) is 3.55. The minimum absolute atomic E-state index is 0.123. The second kappa shape index (κ2) is 7.06. The number of hydrogen-bond donors (Lipinski definition) is 0. The van der Waals surface area contributed by atoms with Gasteiger partial charge in [0.1, 0.15) is 10.9 Å². The summed E-state index contributed by atoms with van der Waals surface area (Å²) in [5.41, 5.74) is 0.863. The van der Waals surface area contributed by atoms with Crippen molar-refractivity contribution >= 4 is 23.4 Å². The van der Waals surface area contributed by atoms with E-state index in [9.17, 15) is 14.9 Å². The first kappa shape index (κ1) is 17.2. The van der Waals surface area contributed by atoms with Crippen LogP contribution in [0.3, 0.4) is 0 Å². The molecule has 1 fully saturated rings. The lowest BCUT2D eigenvalue weighted by molar-refractivity contribution is -0.417. The van der Waals surface area contributed by atoms with Gasteiger partial charge in [0, 0.05) is 25.8 Å². The molecular weight excluding hydrogens is 350 g/mol. The van der Waals surface area contributed by atoms with Crippen LogP contribution in [-0.4, -0.2) is 57.8 Å². The number of carbonyl (C=O) groups is 1. The number of carbonyl (C=O) groups excluding carboxylic acids is 1. The van der Waals surface area contributed by atoms with Crippen LogP contribution in [-0.2, 0) is 11.3 Å². The van der Waals surface area contributed by atoms with Crippen molar-refractivity contribution in [1.82, 2.24) is 14.8 Å². The summed E-state index contributed by atoms with van der Waals surface area (Å²) in [6.45, 7) is 3.76. The van der Waals surface area contributed by atoms with E-state index in [1.807, 2.05) is 15.9 Å². The molecule has 0 atom stereocenters. The fourth-order valence-corrected chi connectivity index (χ4v) is 3.02. The summed E-state index contributed by atoms with van der Waals surface area (Å²) < 4.78 is 4.76.